The largest absolute Gasteiger partial charge is 0.481 e. The van der Waals surface area contributed by atoms with Gasteiger partial charge in [-0.05, 0) is 30.9 Å². The standard InChI is InChI=1S/C17H23NO3/c1-12(2)9-15(17(20)21)11-18-16(19)8-7-14-6-4-5-13(3)10-14/h4-8,10,12,15H,9,11H2,1-3H3,(H,18,19)(H,20,21)/b8-7+. The van der Waals surface area contributed by atoms with E-state index in [9.17, 15) is 9.59 Å². The zero-order valence-electron chi connectivity index (χ0n) is 12.8. The molecule has 4 nitrogen and oxygen atoms in total. The number of aliphatic carboxylic acids is 1. The Morgan fingerprint density at radius 3 is 2.62 bits per heavy atom. The van der Waals surface area contributed by atoms with Gasteiger partial charge in [-0.3, -0.25) is 9.59 Å². The molecule has 0 fully saturated rings. The van der Waals surface area contributed by atoms with Crippen molar-refractivity contribution in [1.29, 1.82) is 0 Å². The number of hydrogen-bond donors (Lipinski definition) is 2. The first-order chi connectivity index (χ1) is 9.88. The van der Waals surface area contributed by atoms with Crippen molar-refractivity contribution in [3.8, 4) is 0 Å². The van der Waals surface area contributed by atoms with Gasteiger partial charge in [-0.2, -0.15) is 0 Å². The molecule has 0 saturated heterocycles. The van der Waals surface area contributed by atoms with Crippen LogP contribution in [0.3, 0.4) is 0 Å². The fourth-order valence-corrected chi connectivity index (χ4v) is 2.07. The van der Waals surface area contributed by atoms with Crippen LogP contribution in [-0.2, 0) is 9.59 Å². The van der Waals surface area contributed by atoms with E-state index in [0.29, 0.717) is 6.42 Å². The van der Waals surface area contributed by atoms with Crippen LogP contribution in [0, 0.1) is 18.8 Å². The van der Waals surface area contributed by atoms with Gasteiger partial charge in [0.05, 0.1) is 5.92 Å². The molecular formula is C17H23NO3. The smallest absolute Gasteiger partial charge is 0.308 e. The Labute approximate surface area is 125 Å². The van der Waals surface area contributed by atoms with Gasteiger partial charge in [0, 0.05) is 12.6 Å². The van der Waals surface area contributed by atoms with Gasteiger partial charge in [0.2, 0.25) is 5.91 Å². The maximum absolute atomic E-state index is 11.7. The van der Waals surface area contributed by atoms with Crippen molar-refractivity contribution in [3.05, 3.63) is 41.5 Å². The van der Waals surface area contributed by atoms with Gasteiger partial charge in [0.1, 0.15) is 0 Å². The highest BCUT2D eigenvalue weighted by Gasteiger charge is 2.19. The maximum Gasteiger partial charge on any atom is 0.308 e. The van der Waals surface area contributed by atoms with Crippen molar-refractivity contribution in [2.45, 2.75) is 27.2 Å². The quantitative estimate of drug-likeness (QED) is 0.758. The van der Waals surface area contributed by atoms with Crippen molar-refractivity contribution in [1.82, 2.24) is 5.32 Å². The Hall–Kier alpha value is -2.10. The molecule has 0 aliphatic carbocycles. The summed E-state index contributed by atoms with van der Waals surface area (Å²) < 4.78 is 0. The molecule has 114 valence electrons. The molecule has 0 saturated carbocycles. The molecule has 1 aromatic carbocycles. The molecule has 1 unspecified atom stereocenters. The van der Waals surface area contributed by atoms with E-state index in [-0.39, 0.29) is 18.4 Å². The summed E-state index contributed by atoms with van der Waals surface area (Å²) in [6.07, 6.45) is 3.71. The predicted molar refractivity (Wildman–Crippen MR) is 83.8 cm³/mol. The molecule has 0 radical (unpaired) electrons. The zero-order chi connectivity index (χ0) is 15.8. The Balaban J connectivity index is 2.51. The maximum atomic E-state index is 11.7. The van der Waals surface area contributed by atoms with E-state index >= 15 is 0 Å². The second-order valence-corrected chi connectivity index (χ2v) is 5.66. The van der Waals surface area contributed by atoms with Gasteiger partial charge in [0.25, 0.3) is 0 Å². The van der Waals surface area contributed by atoms with E-state index in [1.165, 1.54) is 6.08 Å². The van der Waals surface area contributed by atoms with Crippen LogP contribution in [0.25, 0.3) is 6.08 Å². The summed E-state index contributed by atoms with van der Waals surface area (Å²) >= 11 is 0. The second kappa shape index (κ2) is 8.25. The van der Waals surface area contributed by atoms with E-state index in [2.05, 4.69) is 5.32 Å². The van der Waals surface area contributed by atoms with Crippen molar-refractivity contribution in [3.63, 3.8) is 0 Å². The van der Waals surface area contributed by atoms with Crippen molar-refractivity contribution in [2.75, 3.05) is 6.54 Å². The third-order valence-electron chi connectivity index (χ3n) is 3.10. The summed E-state index contributed by atoms with van der Waals surface area (Å²) in [4.78, 5) is 22.8. The van der Waals surface area contributed by atoms with Crippen LogP contribution in [0.2, 0.25) is 0 Å². The minimum atomic E-state index is -0.869. The van der Waals surface area contributed by atoms with Crippen molar-refractivity contribution in [2.24, 2.45) is 11.8 Å². The monoisotopic (exact) mass is 289 g/mol. The molecule has 2 N–H and O–H groups in total. The summed E-state index contributed by atoms with van der Waals surface area (Å²) in [6.45, 7) is 6.08. The molecule has 1 atom stereocenters. The van der Waals surface area contributed by atoms with Crippen LogP contribution >= 0.6 is 0 Å². The fraction of sp³-hybridized carbons (Fsp3) is 0.412. The minimum absolute atomic E-state index is 0.157. The highest BCUT2D eigenvalue weighted by Crippen LogP contribution is 2.11. The molecule has 0 aromatic heterocycles. The first-order valence-electron chi connectivity index (χ1n) is 7.14. The lowest BCUT2D eigenvalue weighted by atomic mass is 9.97. The highest BCUT2D eigenvalue weighted by molar-refractivity contribution is 5.92. The van der Waals surface area contributed by atoms with Crippen LogP contribution in [0.4, 0.5) is 0 Å². The molecular weight excluding hydrogens is 266 g/mol. The summed E-state index contributed by atoms with van der Waals surface area (Å²) in [5.41, 5.74) is 2.07. The molecule has 4 heteroatoms. The molecule has 1 aromatic rings. The molecule has 0 bridgehead atoms. The Morgan fingerprint density at radius 1 is 1.33 bits per heavy atom. The van der Waals surface area contributed by atoms with E-state index in [0.717, 1.165) is 11.1 Å². The van der Waals surface area contributed by atoms with Crippen LogP contribution < -0.4 is 5.32 Å². The average molecular weight is 289 g/mol. The minimum Gasteiger partial charge on any atom is -0.481 e. The van der Waals surface area contributed by atoms with Crippen LogP contribution in [0.15, 0.2) is 30.3 Å². The number of hydrogen-bond acceptors (Lipinski definition) is 2. The Morgan fingerprint density at radius 2 is 2.05 bits per heavy atom. The topological polar surface area (TPSA) is 66.4 Å². The summed E-state index contributed by atoms with van der Waals surface area (Å²) in [6, 6.07) is 7.80. The van der Waals surface area contributed by atoms with Crippen LogP contribution in [0.5, 0.6) is 0 Å². The lowest BCUT2D eigenvalue weighted by Crippen LogP contribution is -2.32. The summed E-state index contributed by atoms with van der Waals surface area (Å²) in [5.74, 6) is -1.40. The first kappa shape index (κ1) is 17.0. The highest BCUT2D eigenvalue weighted by atomic mass is 16.4. The lowest BCUT2D eigenvalue weighted by molar-refractivity contribution is -0.142. The van der Waals surface area contributed by atoms with Crippen LogP contribution in [-0.4, -0.2) is 23.5 Å². The normalized spacial score (nSPS) is 12.6. The Bertz CT molecular complexity index is 521. The average Bonchev–Trinajstić information content (AvgIpc) is 2.40. The number of carbonyl (C=O) groups excluding carboxylic acids is 1. The van der Waals surface area contributed by atoms with E-state index in [1.807, 2.05) is 45.0 Å². The van der Waals surface area contributed by atoms with E-state index in [4.69, 9.17) is 5.11 Å². The third-order valence-corrected chi connectivity index (χ3v) is 3.10. The Kier molecular flexibility index (Phi) is 6.66. The number of carbonyl (C=O) groups is 2. The van der Waals surface area contributed by atoms with Crippen molar-refractivity contribution >= 4 is 18.0 Å². The number of aryl methyl sites for hydroxylation is 1. The van der Waals surface area contributed by atoms with Gasteiger partial charge in [-0.25, -0.2) is 0 Å². The van der Waals surface area contributed by atoms with Gasteiger partial charge < -0.3 is 10.4 Å². The lowest BCUT2D eigenvalue weighted by Gasteiger charge is -2.14. The summed E-state index contributed by atoms with van der Waals surface area (Å²) in [5, 5.41) is 11.8. The molecule has 1 rings (SSSR count). The van der Waals surface area contributed by atoms with E-state index < -0.39 is 11.9 Å². The van der Waals surface area contributed by atoms with Gasteiger partial charge in [-0.15, -0.1) is 0 Å². The SMILES string of the molecule is Cc1cccc(/C=C/C(=O)NCC(CC(C)C)C(=O)O)c1. The molecule has 0 aliphatic rings. The number of amides is 1. The summed E-state index contributed by atoms with van der Waals surface area (Å²) in [7, 11) is 0. The molecule has 0 aliphatic heterocycles. The third kappa shape index (κ3) is 6.75. The second-order valence-electron chi connectivity index (χ2n) is 5.66. The van der Waals surface area contributed by atoms with Gasteiger partial charge in [0.15, 0.2) is 0 Å². The number of benzene rings is 1. The van der Waals surface area contributed by atoms with Gasteiger partial charge in [-0.1, -0.05) is 43.7 Å². The molecule has 0 spiro atoms. The number of carboxylic acid groups (broad SMARTS) is 1. The van der Waals surface area contributed by atoms with Gasteiger partial charge >= 0.3 is 5.97 Å². The predicted octanol–water partition coefficient (Wildman–Crippen LogP) is 2.87. The molecule has 1 amide bonds. The fourth-order valence-electron chi connectivity index (χ4n) is 2.07. The molecule has 21 heavy (non-hydrogen) atoms. The van der Waals surface area contributed by atoms with Crippen molar-refractivity contribution < 1.29 is 14.7 Å². The first-order valence-corrected chi connectivity index (χ1v) is 7.14. The van der Waals surface area contributed by atoms with E-state index in [1.54, 1.807) is 6.08 Å². The van der Waals surface area contributed by atoms with Crippen LogP contribution in [0.1, 0.15) is 31.4 Å². The zero-order valence-corrected chi connectivity index (χ0v) is 12.8. The number of carboxylic acids is 1. The number of nitrogens with one attached hydrogen (secondary N) is 1. The number of rotatable bonds is 7. The molecule has 0 heterocycles.